The number of hydrogen-bond acceptors (Lipinski definition) is 1. The van der Waals surface area contributed by atoms with Crippen LogP contribution in [0.15, 0.2) is 18.2 Å². The van der Waals surface area contributed by atoms with E-state index in [4.69, 9.17) is 16.3 Å². The summed E-state index contributed by atoms with van der Waals surface area (Å²) in [4.78, 5) is 0. The van der Waals surface area contributed by atoms with Crippen molar-refractivity contribution in [3.8, 4) is 5.75 Å². The predicted molar refractivity (Wildman–Crippen MR) is 56.2 cm³/mol. The summed E-state index contributed by atoms with van der Waals surface area (Å²) in [5, 5.41) is 0.672. The number of benzene rings is 1. The van der Waals surface area contributed by atoms with Crippen molar-refractivity contribution in [2.45, 2.75) is 13.8 Å². The molecule has 0 atom stereocenters. The van der Waals surface area contributed by atoms with Crippen LogP contribution in [-0.2, 0) is 0 Å². The highest BCUT2D eigenvalue weighted by molar-refractivity contribution is 6.30. The topological polar surface area (TPSA) is 9.23 Å². The fourth-order valence-electron chi connectivity index (χ4n) is 0.967. The summed E-state index contributed by atoms with van der Waals surface area (Å²) in [5.74, 6) is 1.32. The Balaban J connectivity index is 2.66. The number of hydrogen-bond donors (Lipinski definition) is 0. The first kappa shape index (κ1) is 10.4. The van der Waals surface area contributed by atoms with Crippen LogP contribution in [0.1, 0.15) is 19.4 Å². The minimum Gasteiger partial charge on any atom is -0.493 e. The number of ether oxygens (including phenoxy) is 1. The van der Waals surface area contributed by atoms with Gasteiger partial charge in [-0.15, -0.1) is 0 Å². The maximum atomic E-state index is 5.85. The van der Waals surface area contributed by atoms with E-state index < -0.39 is 0 Å². The molecule has 0 aliphatic heterocycles. The fourth-order valence-corrected chi connectivity index (χ4v) is 1.21. The standard InChI is InChI=1S/C11H14ClO/c1-8(2)7-13-11-5-9(3)4-10(12)6-11/h4-6,8H,3,7H2,1-2H3. The van der Waals surface area contributed by atoms with Crippen LogP contribution in [0, 0.1) is 12.8 Å². The second-order valence-electron chi connectivity index (χ2n) is 3.50. The molecule has 1 radical (unpaired) electrons. The van der Waals surface area contributed by atoms with Gasteiger partial charge in [-0.1, -0.05) is 25.4 Å². The Hall–Kier alpha value is -0.690. The Morgan fingerprint density at radius 3 is 2.62 bits per heavy atom. The van der Waals surface area contributed by atoms with E-state index in [2.05, 4.69) is 20.8 Å². The summed E-state index contributed by atoms with van der Waals surface area (Å²) in [6, 6.07) is 5.50. The second kappa shape index (κ2) is 4.52. The van der Waals surface area contributed by atoms with E-state index >= 15 is 0 Å². The first-order chi connectivity index (χ1) is 6.08. The van der Waals surface area contributed by atoms with Crippen molar-refractivity contribution < 1.29 is 4.74 Å². The maximum Gasteiger partial charge on any atom is 0.121 e. The molecule has 0 N–H and O–H groups in total. The van der Waals surface area contributed by atoms with Crippen molar-refractivity contribution in [2.75, 3.05) is 6.61 Å². The molecule has 2 heteroatoms. The third-order valence-electron chi connectivity index (χ3n) is 1.51. The van der Waals surface area contributed by atoms with Crippen LogP contribution in [-0.4, -0.2) is 6.61 Å². The normalized spacial score (nSPS) is 10.5. The molecule has 71 valence electrons. The van der Waals surface area contributed by atoms with Crippen LogP contribution in [0.2, 0.25) is 5.02 Å². The van der Waals surface area contributed by atoms with Crippen LogP contribution in [0.25, 0.3) is 0 Å². The van der Waals surface area contributed by atoms with Crippen LogP contribution >= 0.6 is 11.6 Å². The summed E-state index contributed by atoms with van der Waals surface area (Å²) in [7, 11) is 0. The van der Waals surface area contributed by atoms with Crippen molar-refractivity contribution in [1.82, 2.24) is 0 Å². The largest absolute Gasteiger partial charge is 0.493 e. The molecule has 0 fully saturated rings. The molecular formula is C11H14ClO. The van der Waals surface area contributed by atoms with Gasteiger partial charge in [0.15, 0.2) is 0 Å². The number of rotatable bonds is 3. The molecule has 0 amide bonds. The average molecular weight is 198 g/mol. The van der Waals surface area contributed by atoms with Crippen molar-refractivity contribution in [1.29, 1.82) is 0 Å². The SMILES string of the molecule is [CH2]c1cc(Cl)cc(OCC(C)C)c1. The maximum absolute atomic E-state index is 5.85. The van der Waals surface area contributed by atoms with Gasteiger partial charge in [0.25, 0.3) is 0 Å². The Bertz CT molecular complexity index is 261. The predicted octanol–water partition coefficient (Wildman–Crippen LogP) is 3.56. The highest BCUT2D eigenvalue weighted by Gasteiger charge is 1.99. The second-order valence-corrected chi connectivity index (χ2v) is 3.94. The molecule has 0 saturated carbocycles. The molecule has 0 aliphatic carbocycles. The van der Waals surface area contributed by atoms with Crippen LogP contribution < -0.4 is 4.74 Å². The Morgan fingerprint density at radius 2 is 2.08 bits per heavy atom. The van der Waals surface area contributed by atoms with Gasteiger partial charge in [-0.2, -0.15) is 0 Å². The molecule has 1 aromatic rings. The molecule has 0 bridgehead atoms. The Labute approximate surface area is 84.7 Å². The molecule has 0 spiro atoms. The fraction of sp³-hybridized carbons (Fsp3) is 0.364. The van der Waals surface area contributed by atoms with E-state index in [9.17, 15) is 0 Å². The summed E-state index contributed by atoms with van der Waals surface area (Å²) in [6.07, 6.45) is 0. The molecule has 0 aliphatic rings. The van der Waals surface area contributed by atoms with E-state index in [1.165, 1.54) is 0 Å². The summed E-state index contributed by atoms with van der Waals surface area (Å²) < 4.78 is 5.50. The Morgan fingerprint density at radius 1 is 1.38 bits per heavy atom. The van der Waals surface area contributed by atoms with E-state index in [0.717, 1.165) is 11.3 Å². The third-order valence-corrected chi connectivity index (χ3v) is 1.73. The van der Waals surface area contributed by atoms with Gasteiger partial charge < -0.3 is 4.74 Å². The zero-order chi connectivity index (χ0) is 9.84. The Kier molecular flexibility index (Phi) is 3.61. The number of halogens is 1. The molecule has 1 nitrogen and oxygen atoms in total. The third kappa shape index (κ3) is 3.69. The minimum atomic E-state index is 0.521. The zero-order valence-electron chi connectivity index (χ0n) is 8.01. The molecule has 1 aromatic carbocycles. The van der Waals surface area contributed by atoms with Crippen LogP contribution in [0.4, 0.5) is 0 Å². The zero-order valence-corrected chi connectivity index (χ0v) is 8.77. The highest BCUT2D eigenvalue weighted by atomic mass is 35.5. The van der Waals surface area contributed by atoms with Crippen molar-refractivity contribution >= 4 is 11.6 Å². The smallest absolute Gasteiger partial charge is 0.121 e. The van der Waals surface area contributed by atoms with Crippen LogP contribution in [0.5, 0.6) is 5.75 Å². The van der Waals surface area contributed by atoms with Gasteiger partial charge in [0, 0.05) is 5.02 Å². The van der Waals surface area contributed by atoms with Crippen molar-refractivity contribution in [3.63, 3.8) is 0 Å². The lowest BCUT2D eigenvalue weighted by atomic mass is 10.2. The summed E-state index contributed by atoms with van der Waals surface area (Å²) in [5.41, 5.74) is 0.881. The average Bonchev–Trinajstić information content (AvgIpc) is 1.99. The molecule has 1 rings (SSSR count). The lowest BCUT2D eigenvalue weighted by molar-refractivity contribution is 0.271. The van der Waals surface area contributed by atoms with Crippen molar-refractivity contribution in [3.05, 3.63) is 35.7 Å². The molecule has 0 unspecified atom stereocenters. The van der Waals surface area contributed by atoms with E-state index in [-0.39, 0.29) is 0 Å². The lowest BCUT2D eigenvalue weighted by Crippen LogP contribution is -2.04. The highest BCUT2D eigenvalue weighted by Crippen LogP contribution is 2.20. The summed E-state index contributed by atoms with van der Waals surface area (Å²) in [6.45, 7) is 8.73. The molecule has 0 aromatic heterocycles. The van der Waals surface area contributed by atoms with Gasteiger partial charge in [-0.3, -0.25) is 0 Å². The van der Waals surface area contributed by atoms with Gasteiger partial charge in [-0.05, 0) is 36.6 Å². The quantitative estimate of drug-likeness (QED) is 0.720. The summed E-state index contributed by atoms with van der Waals surface area (Å²) >= 11 is 5.85. The monoisotopic (exact) mass is 197 g/mol. The van der Waals surface area contributed by atoms with Crippen LogP contribution in [0.3, 0.4) is 0 Å². The van der Waals surface area contributed by atoms with Crippen molar-refractivity contribution in [2.24, 2.45) is 5.92 Å². The van der Waals surface area contributed by atoms with Gasteiger partial charge in [-0.25, -0.2) is 0 Å². The van der Waals surface area contributed by atoms with E-state index in [1.54, 1.807) is 6.07 Å². The first-order valence-electron chi connectivity index (χ1n) is 4.33. The van der Waals surface area contributed by atoms with Gasteiger partial charge in [0.05, 0.1) is 6.61 Å². The molecular weight excluding hydrogens is 184 g/mol. The van der Waals surface area contributed by atoms with Gasteiger partial charge in [0.1, 0.15) is 5.75 Å². The van der Waals surface area contributed by atoms with E-state index in [1.807, 2.05) is 12.1 Å². The molecule has 0 heterocycles. The minimum absolute atomic E-state index is 0.521. The molecule has 13 heavy (non-hydrogen) atoms. The molecule has 0 saturated heterocycles. The lowest BCUT2D eigenvalue weighted by Gasteiger charge is -2.09. The first-order valence-corrected chi connectivity index (χ1v) is 4.71. The van der Waals surface area contributed by atoms with Gasteiger partial charge >= 0.3 is 0 Å². The van der Waals surface area contributed by atoms with Gasteiger partial charge in [0.2, 0.25) is 0 Å². The van der Waals surface area contributed by atoms with E-state index in [0.29, 0.717) is 17.5 Å².